The number of carboxylic acids is 1. The average molecular weight is 274 g/mol. The maximum absolute atomic E-state index is 11.1. The van der Waals surface area contributed by atoms with E-state index in [1.54, 1.807) is 18.2 Å². The molecule has 0 saturated carbocycles. The Balaban J connectivity index is 2.20. The fourth-order valence-electron chi connectivity index (χ4n) is 2.47. The lowest BCUT2D eigenvalue weighted by atomic mass is 10.0. The Morgan fingerprint density at radius 1 is 1.30 bits per heavy atom. The first-order chi connectivity index (χ1) is 9.49. The molecule has 0 spiro atoms. The lowest BCUT2D eigenvalue weighted by molar-refractivity contribution is 0.0697. The van der Waals surface area contributed by atoms with Gasteiger partial charge in [-0.3, -0.25) is 0 Å². The molecule has 1 aromatic heterocycles. The van der Waals surface area contributed by atoms with Crippen LogP contribution >= 0.6 is 0 Å². The molecule has 1 aromatic carbocycles. The Kier molecular flexibility index (Phi) is 4.42. The molecule has 4 heteroatoms. The molecule has 1 N–H and O–H groups in total. The number of aromatic carboxylic acids is 1. The molecule has 1 unspecified atom stereocenters. The number of aromatic nitrogens is 2. The van der Waals surface area contributed by atoms with Gasteiger partial charge in [0.15, 0.2) is 0 Å². The van der Waals surface area contributed by atoms with Crippen molar-refractivity contribution in [1.29, 1.82) is 0 Å². The van der Waals surface area contributed by atoms with Crippen molar-refractivity contribution in [3.05, 3.63) is 30.1 Å². The molecule has 20 heavy (non-hydrogen) atoms. The normalized spacial score (nSPS) is 13.0. The zero-order chi connectivity index (χ0) is 14.7. The van der Waals surface area contributed by atoms with E-state index in [-0.39, 0.29) is 0 Å². The number of carboxylic acid groups (broad SMARTS) is 1. The summed E-state index contributed by atoms with van der Waals surface area (Å²) in [5.74, 6) is -0.174. The summed E-state index contributed by atoms with van der Waals surface area (Å²) >= 11 is 0. The van der Waals surface area contributed by atoms with E-state index in [9.17, 15) is 4.79 Å². The first-order valence-corrected chi connectivity index (χ1v) is 7.19. The van der Waals surface area contributed by atoms with Gasteiger partial charge in [0, 0.05) is 6.04 Å². The van der Waals surface area contributed by atoms with Crippen LogP contribution in [0.15, 0.2) is 24.5 Å². The maximum atomic E-state index is 11.1. The minimum absolute atomic E-state index is 0.314. The molecule has 2 rings (SSSR count). The maximum Gasteiger partial charge on any atom is 0.335 e. The molecule has 0 amide bonds. The van der Waals surface area contributed by atoms with Crippen LogP contribution in [0.2, 0.25) is 0 Å². The van der Waals surface area contributed by atoms with E-state index in [1.165, 1.54) is 12.8 Å². The minimum Gasteiger partial charge on any atom is -0.478 e. The summed E-state index contributed by atoms with van der Waals surface area (Å²) in [6.07, 6.45) is 5.30. The zero-order valence-electron chi connectivity index (χ0n) is 12.3. The predicted octanol–water partition coefficient (Wildman–Crippen LogP) is 4.12. The van der Waals surface area contributed by atoms with Crippen molar-refractivity contribution in [2.24, 2.45) is 5.92 Å². The number of imidazole rings is 1. The molecule has 0 saturated heterocycles. The summed E-state index contributed by atoms with van der Waals surface area (Å²) < 4.78 is 2.09. The molecule has 108 valence electrons. The minimum atomic E-state index is -0.896. The van der Waals surface area contributed by atoms with Gasteiger partial charge in [-0.25, -0.2) is 9.78 Å². The highest BCUT2D eigenvalue weighted by molar-refractivity contribution is 5.92. The lowest BCUT2D eigenvalue weighted by Gasteiger charge is -2.15. The van der Waals surface area contributed by atoms with Crippen LogP contribution < -0.4 is 0 Å². The van der Waals surface area contributed by atoms with Gasteiger partial charge in [-0.05, 0) is 37.5 Å². The highest BCUT2D eigenvalue weighted by Crippen LogP contribution is 2.23. The van der Waals surface area contributed by atoms with Crippen molar-refractivity contribution in [3.8, 4) is 0 Å². The summed E-state index contributed by atoms with van der Waals surface area (Å²) in [5.41, 5.74) is 2.07. The first-order valence-electron chi connectivity index (χ1n) is 7.19. The topological polar surface area (TPSA) is 55.1 Å². The smallest absolute Gasteiger partial charge is 0.335 e. The molecule has 0 aliphatic carbocycles. The molecule has 0 aliphatic heterocycles. The van der Waals surface area contributed by atoms with E-state index in [2.05, 4.69) is 30.3 Å². The summed E-state index contributed by atoms with van der Waals surface area (Å²) in [6, 6.07) is 5.42. The Bertz CT molecular complexity index is 602. The summed E-state index contributed by atoms with van der Waals surface area (Å²) in [5, 5.41) is 9.08. The molecule has 4 nitrogen and oxygen atoms in total. The first kappa shape index (κ1) is 14.6. The molecule has 0 radical (unpaired) electrons. The Morgan fingerprint density at radius 3 is 2.70 bits per heavy atom. The van der Waals surface area contributed by atoms with Crippen molar-refractivity contribution >= 4 is 17.0 Å². The van der Waals surface area contributed by atoms with Crippen molar-refractivity contribution in [2.75, 3.05) is 0 Å². The van der Waals surface area contributed by atoms with Gasteiger partial charge in [0.1, 0.15) is 0 Å². The van der Waals surface area contributed by atoms with Crippen LogP contribution in [0.25, 0.3) is 11.0 Å². The van der Waals surface area contributed by atoms with Gasteiger partial charge in [0.2, 0.25) is 0 Å². The largest absolute Gasteiger partial charge is 0.478 e. The van der Waals surface area contributed by atoms with Crippen LogP contribution in [0.5, 0.6) is 0 Å². The van der Waals surface area contributed by atoms with Gasteiger partial charge in [-0.2, -0.15) is 0 Å². The van der Waals surface area contributed by atoms with Gasteiger partial charge in [-0.1, -0.05) is 26.7 Å². The summed E-state index contributed by atoms with van der Waals surface area (Å²) in [7, 11) is 0. The number of hydrogen-bond donors (Lipinski definition) is 1. The number of rotatable bonds is 6. The van der Waals surface area contributed by atoms with Crippen molar-refractivity contribution in [2.45, 2.75) is 46.1 Å². The number of carbonyl (C=O) groups is 1. The van der Waals surface area contributed by atoms with Gasteiger partial charge in [0.05, 0.1) is 22.9 Å². The van der Waals surface area contributed by atoms with Gasteiger partial charge < -0.3 is 9.67 Å². The van der Waals surface area contributed by atoms with Crippen molar-refractivity contribution < 1.29 is 9.90 Å². The molecular formula is C16H22N2O2. The van der Waals surface area contributed by atoms with Crippen LogP contribution in [0.1, 0.15) is 56.4 Å². The van der Waals surface area contributed by atoms with E-state index in [0.717, 1.165) is 23.4 Å². The quantitative estimate of drug-likeness (QED) is 0.862. The van der Waals surface area contributed by atoms with Crippen LogP contribution in [-0.4, -0.2) is 20.6 Å². The van der Waals surface area contributed by atoms with Crippen molar-refractivity contribution in [3.63, 3.8) is 0 Å². The van der Waals surface area contributed by atoms with Crippen LogP contribution in [0, 0.1) is 5.92 Å². The SMILES string of the molecule is CC(C)CCCC(C)n1cnc2ccc(C(=O)O)cc21. The van der Waals surface area contributed by atoms with Gasteiger partial charge in [0.25, 0.3) is 0 Å². The third-order valence-corrected chi connectivity index (χ3v) is 3.70. The number of hydrogen-bond acceptors (Lipinski definition) is 2. The van der Waals surface area contributed by atoms with E-state index in [4.69, 9.17) is 5.11 Å². The Hall–Kier alpha value is -1.84. The fourth-order valence-corrected chi connectivity index (χ4v) is 2.47. The molecule has 0 bridgehead atoms. The Labute approximate surface area is 119 Å². The second kappa shape index (κ2) is 6.07. The zero-order valence-corrected chi connectivity index (χ0v) is 12.3. The number of benzene rings is 1. The van der Waals surface area contributed by atoms with Gasteiger partial charge in [-0.15, -0.1) is 0 Å². The van der Waals surface area contributed by atoms with Crippen LogP contribution in [0.4, 0.5) is 0 Å². The predicted molar refractivity (Wildman–Crippen MR) is 80.1 cm³/mol. The molecule has 0 aliphatic rings. The van der Waals surface area contributed by atoms with E-state index >= 15 is 0 Å². The lowest BCUT2D eigenvalue weighted by Crippen LogP contribution is -2.05. The molecule has 2 aromatic rings. The summed E-state index contributed by atoms with van der Waals surface area (Å²) in [6.45, 7) is 6.63. The second-order valence-electron chi connectivity index (χ2n) is 5.83. The van der Waals surface area contributed by atoms with Crippen molar-refractivity contribution in [1.82, 2.24) is 9.55 Å². The third-order valence-electron chi connectivity index (χ3n) is 3.70. The van der Waals surface area contributed by atoms with E-state index < -0.39 is 5.97 Å². The molecule has 0 fully saturated rings. The standard InChI is InChI=1S/C16H22N2O2/c1-11(2)5-4-6-12(3)18-10-17-14-8-7-13(16(19)20)9-15(14)18/h7-12H,4-6H2,1-3H3,(H,19,20). The monoisotopic (exact) mass is 274 g/mol. The Morgan fingerprint density at radius 2 is 2.05 bits per heavy atom. The fraction of sp³-hybridized carbons (Fsp3) is 0.500. The van der Waals surface area contributed by atoms with Crippen LogP contribution in [-0.2, 0) is 0 Å². The highest BCUT2D eigenvalue weighted by atomic mass is 16.4. The molecule has 1 heterocycles. The second-order valence-corrected chi connectivity index (χ2v) is 5.83. The van der Waals surface area contributed by atoms with Crippen LogP contribution in [0.3, 0.4) is 0 Å². The number of nitrogens with zero attached hydrogens (tertiary/aromatic N) is 2. The third kappa shape index (κ3) is 3.18. The molecule has 1 atom stereocenters. The molecular weight excluding hydrogens is 252 g/mol. The van der Waals surface area contributed by atoms with E-state index in [1.807, 2.05) is 6.33 Å². The highest BCUT2D eigenvalue weighted by Gasteiger charge is 2.12. The number of fused-ring (bicyclic) bond motifs is 1. The van der Waals surface area contributed by atoms with E-state index in [0.29, 0.717) is 11.6 Å². The summed E-state index contributed by atoms with van der Waals surface area (Å²) in [4.78, 5) is 15.4. The van der Waals surface area contributed by atoms with Gasteiger partial charge >= 0.3 is 5.97 Å². The average Bonchev–Trinajstić information content (AvgIpc) is 2.80.